The number of rotatable bonds is 6. The second kappa shape index (κ2) is 8.10. The molecule has 2 amide bonds. The van der Waals surface area contributed by atoms with Gasteiger partial charge in [0.05, 0.1) is 29.3 Å². The molecule has 0 saturated heterocycles. The maximum Gasteiger partial charge on any atom is 0.345 e. The summed E-state index contributed by atoms with van der Waals surface area (Å²) in [7, 11) is 0. The van der Waals surface area contributed by atoms with Gasteiger partial charge in [-0.15, -0.1) is 0 Å². The Morgan fingerprint density at radius 3 is 2.65 bits per heavy atom. The molecule has 10 heteroatoms. The number of amides is 2. The van der Waals surface area contributed by atoms with Gasteiger partial charge in [0.2, 0.25) is 0 Å². The van der Waals surface area contributed by atoms with E-state index in [2.05, 4.69) is 10.6 Å². The first kappa shape index (κ1) is 18.9. The highest BCUT2D eigenvalue weighted by molar-refractivity contribution is 5.95. The molecule has 2 N–H and O–H groups in total. The fourth-order valence-corrected chi connectivity index (χ4v) is 2.35. The highest BCUT2D eigenvalue weighted by Gasteiger charge is 2.27. The van der Waals surface area contributed by atoms with E-state index in [1.165, 1.54) is 25.1 Å². The lowest BCUT2D eigenvalue weighted by Gasteiger charge is -2.21. The third kappa shape index (κ3) is 4.15. The van der Waals surface area contributed by atoms with E-state index in [-0.39, 0.29) is 35.7 Å². The fraction of sp³-hybridized carbons (Fsp3) is 0.312. The standard InChI is InChI=1S/C16H17N3O7/c1-3-25-15(21)11-7-17-16(22)18-12(11)8-26-14(20)10-6-4-5-9(2)13(10)19(23)24/h4-6H,3,7-8H2,1-2H3,(H2,17,18,22). The van der Waals surface area contributed by atoms with E-state index in [1.807, 2.05) is 0 Å². The monoisotopic (exact) mass is 363 g/mol. The normalized spacial score (nSPS) is 13.5. The van der Waals surface area contributed by atoms with Gasteiger partial charge in [-0.3, -0.25) is 10.1 Å². The highest BCUT2D eigenvalue weighted by Crippen LogP contribution is 2.24. The molecule has 1 heterocycles. The summed E-state index contributed by atoms with van der Waals surface area (Å²) < 4.78 is 9.96. The smallest absolute Gasteiger partial charge is 0.345 e. The van der Waals surface area contributed by atoms with Crippen molar-refractivity contribution >= 4 is 23.7 Å². The second-order valence-electron chi connectivity index (χ2n) is 5.29. The Balaban J connectivity index is 2.22. The van der Waals surface area contributed by atoms with Crippen LogP contribution in [0.2, 0.25) is 0 Å². The Bertz CT molecular complexity index is 801. The average molecular weight is 363 g/mol. The lowest BCUT2D eigenvalue weighted by molar-refractivity contribution is -0.385. The Morgan fingerprint density at radius 1 is 1.27 bits per heavy atom. The summed E-state index contributed by atoms with van der Waals surface area (Å²) in [5.41, 5.74) is -0.0834. The van der Waals surface area contributed by atoms with Gasteiger partial charge in [-0.1, -0.05) is 12.1 Å². The largest absolute Gasteiger partial charge is 0.463 e. The summed E-state index contributed by atoms with van der Waals surface area (Å²) in [5, 5.41) is 16.0. The number of benzene rings is 1. The zero-order valence-electron chi connectivity index (χ0n) is 14.2. The van der Waals surface area contributed by atoms with E-state index in [0.717, 1.165) is 0 Å². The first-order valence-electron chi connectivity index (χ1n) is 7.70. The number of aryl methyl sites for hydroxylation is 1. The van der Waals surface area contributed by atoms with E-state index < -0.39 is 29.5 Å². The Labute approximate surface area is 148 Å². The van der Waals surface area contributed by atoms with Gasteiger partial charge < -0.3 is 20.1 Å². The fourth-order valence-electron chi connectivity index (χ4n) is 2.35. The van der Waals surface area contributed by atoms with Gasteiger partial charge in [-0.25, -0.2) is 14.4 Å². The molecule has 0 aromatic heterocycles. The predicted octanol–water partition coefficient (Wildman–Crippen LogP) is 1.19. The minimum absolute atomic E-state index is 0.0656. The van der Waals surface area contributed by atoms with Crippen LogP contribution in [0.25, 0.3) is 0 Å². The van der Waals surface area contributed by atoms with E-state index >= 15 is 0 Å². The number of nitrogens with zero attached hydrogens (tertiary/aromatic N) is 1. The molecule has 0 fully saturated rings. The number of para-hydroxylation sites is 1. The molecule has 26 heavy (non-hydrogen) atoms. The van der Waals surface area contributed by atoms with Gasteiger partial charge in [0, 0.05) is 5.56 Å². The number of ether oxygens (including phenoxy) is 2. The van der Waals surface area contributed by atoms with Crippen LogP contribution < -0.4 is 10.6 Å². The molecular weight excluding hydrogens is 346 g/mol. The molecule has 0 saturated carbocycles. The van der Waals surface area contributed by atoms with Crippen LogP contribution in [-0.4, -0.2) is 42.7 Å². The van der Waals surface area contributed by atoms with Crippen LogP contribution in [0.1, 0.15) is 22.8 Å². The zero-order valence-corrected chi connectivity index (χ0v) is 14.2. The third-order valence-corrected chi connectivity index (χ3v) is 3.56. The van der Waals surface area contributed by atoms with Crippen molar-refractivity contribution in [2.24, 2.45) is 0 Å². The Kier molecular flexibility index (Phi) is 5.89. The number of nitro benzene ring substituents is 1. The lowest BCUT2D eigenvalue weighted by Crippen LogP contribution is -2.45. The van der Waals surface area contributed by atoms with E-state index in [1.54, 1.807) is 6.92 Å². The molecule has 0 unspecified atom stereocenters. The molecule has 2 rings (SSSR count). The molecule has 0 bridgehead atoms. The number of hydrogen-bond donors (Lipinski definition) is 2. The summed E-state index contributed by atoms with van der Waals surface area (Å²) in [6.07, 6.45) is 0. The molecular formula is C16H17N3O7. The van der Waals surface area contributed by atoms with Crippen molar-refractivity contribution in [3.63, 3.8) is 0 Å². The van der Waals surface area contributed by atoms with Gasteiger partial charge in [-0.2, -0.15) is 0 Å². The third-order valence-electron chi connectivity index (χ3n) is 3.56. The number of nitro groups is 1. The maximum absolute atomic E-state index is 12.3. The minimum atomic E-state index is -0.941. The summed E-state index contributed by atoms with van der Waals surface area (Å²) in [6.45, 7) is 2.75. The average Bonchev–Trinajstić information content (AvgIpc) is 2.59. The summed E-state index contributed by atoms with van der Waals surface area (Å²) >= 11 is 0. The molecule has 138 valence electrons. The lowest BCUT2D eigenvalue weighted by atomic mass is 10.1. The summed E-state index contributed by atoms with van der Waals surface area (Å²) in [6, 6.07) is 3.71. The van der Waals surface area contributed by atoms with Crippen molar-refractivity contribution in [2.45, 2.75) is 13.8 Å². The molecule has 0 spiro atoms. The van der Waals surface area contributed by atoms with Crippen LogP contribution in [0.3, 0.4) is 0 Å². The number of nitrogens with one attached hydrogen (secondary N) is 2. The molecule has 1 aromatic carbocycles. The summed E-state index contributed by atoms with van der Waals surface area (Å²) in [5.74, 6) is -1.60. The quantitative estimate of drug-likeness (QED) is 0.440. The van der Waals surface area contributed by atoms with E-state index in [0.29, 0.717) is 5.56 Å². The van der Waals surface area contributed by atoms with Crippen LogP contribution in [0.4, 0.5) is 10.5 Å². The van der Waals surface area contributed by atoms with Gasteiger partial charge >= 0.3 is 18.0 Å². The van der Waals surface area contributed by atoms with E-state index in [9.17, 15) is 24.5 Å². The van der Waals surface area contributed by atoms with Crippen LogP contribution in [0.15, 0.2) is 29.5 Å². The number of urea groups is 1. The highest BCUT2D eigenvalue weighted by atomic mass is 16.6. The van der Waals surface area contributed by atoms with Gasteiger partial charge in [0.25, 0.3) is 5.69 Å². The topological polar surface area (TPSA) is 137 Å². The molecule has 1 aliphatic heterocycles. The van der Waals surface area contributed by atoms with Crippen LogP contribution >= 0.6 is 0 Å². The maximum atomic E-state index is 12.3. The molecule has 1 aliphatic rings. The summed E-state index contributed by atoms with van der Waals surface area (Å²) in [4.78, 5) is 46.1. The number of esters is 2. The van der Waals surface area contributed by atoms with Crippen molar-refractivity contribution in [1.82, 2.24) is 10.6 Å². The number of carbonyl (C=O) groups excluding carboxylic acids is 3. The van der Waals surface area contributed by atoms with Crippen molar-refractivity contribution < 1.29 is 28.8 Å². The molecule has 0 aliphatic carbocycles. The first-order chi connectivity index (χ1) is 12.3. The number of carbonyl (C=O) groups is 3. The van der Waals surface area contributed by atoms with Crippen LogP contribution in [0.5, 0.6) is 0 Å². The SMILES string of the molecule is CCOC(=O)C1=C(COC(=O)c2cccc(C)c2[N+](=O)[O-])NC(=O)NC1. The van der Waals surface area contributed by atoms with Crippen molar-refractivity contribution in [2.75, 3.05) is 19.8 Å². The Morgan fingerprint density at radius 2 is 2.00 bits per heavy atom. The van der Waals surface area contributed by atoms with Crippen molar-refractivity contribution in [1.29, 1.82) is 0 Å². The number of hydrogen-bond acceptors (Lipinski definition) is 7. The molecule has 0 atom stereocenters. The molecule has 0 radical (unpaired) electrons. The van der Waals surface area contributed by atoms with Gasteiger partial charge in [0.1, 0.15) is 12.2 Å². The minimum Gasteiger partial charge on any atom is -0.463 e. The first-order valence-corrected chi connectivity index (χ1v) is 7.70. The zero-order chi connectivity index (χ0) is 19.3. The van der Waals surface area contributed by atoms with Crippen LogP contribution in [0, 0.1) is 17.0 Å². The van der Waals surface area contributed by atoms with Crippen molar-refractivity contribution in [3.05, 3.63) is 50.7 Å². The van der Waals surface area contributed by atoms with E-state index in [4.69, 9.17) is 9.47 Å². The second-order valence-corrected chi connectivity index (χ2v) is 5.29. The Hall–Kier alpha value is -3.43. The van der Waals surface area contributed by atoms with Gasteiger partial charge in [-0.05, 0) is 19.9 Å². The molecule has 10 nitrogen and oxygen atoms in total. The van der Waals surface area contributed by atoms with Crippen molar-refractivity contribution in [3.8, 4) is 0 Å². The van der Waals surface area contributed by atoms with Crippen LogP contribution in [-0.2, 0) is 14.3 Å². The van der Waals surface area contributed by atoms with Gasteiger partial charge in [0.15, 0.2) is 0 Å². The predicted molar refractivity (Wildman–Crippen MR) is 88.3 cm³/mol. The molecule has 1 aromatic rings.